The fourth-order valence-electron chi connectivity index (χ4n) is 4.14. The minimum atomic E-state index is 0.295. The van der Waals surface area contributed by atoms with Gasteiger partial charge < -0.3 is 9.80 Å². The minimum absolute atomic E-state index is 0.295. The molecule has 1 saturated carbocycles. The summed E-state index contributed by atoms with van der Waals surface area (Å²) in [5, 5.41) is 0. The third kappa shape index (κ3) is 2.71. The molecule has 1 atom stereocenters. The predicted octanol–water partition coefficient (Wildman–Crippen LogP) is 5.80. The Labute approximate surface area is 145 Å². The number of anilines is 2. The quantitative estimate of drug-likeness (QED) is 0.706. The zero-order chi connectivity index (χ0) is 16.5. The number of benzene rings is 2. The summed E-state index contributed by atoms with van der Waals surface area (Å²) in [5.41, 5.74) is 5.39. The Morgan fingerprint density at radius 2 is 1.50 bits per heavy atom. The van der Waals surface area contributed by atoms with E-state index in [1.165, 1.54) is 48.2 Å². The van der Waals surface area contributed by atoms with Crippen LogP contribution in [0, 0.1) is 6.92 Å². The van der Waals surface area contributed by atoms with Gasteiger partial charge in [-0.15, -0.1) is 0 Å². The molecule has 1 fully saturated rings. The SMILES string of the molecule is Cc1ccccc1N1C=CN(c2ccc(C3CCCC3)cc2)[C@@H]1C. The van der Waals surface area contributed by atoms with Gasteiger partial charge in [0.25, 0.3) is 0 Å². The lowest BCUT2D eigenvalue weighted by atomic mass is 9.97. The van der Waals surface area contributed by atoms with Crippen LogP contribution in [0.1, 0.15) is 49.7 Å². The minimum Gasteiger partial charge on any atom is -0.326 e. The van der Waals surface area contributed by atoms with Gasteiger partial charge in [0, 0.05) is 23.8 Å². The summed E-state index contributed by atoms with van der Waals surface area (Å²) in [6, 6.07) is 17.8. The highest BCUT2D eigenvalue weighted by atomic mass is 15.4. The van der Waals surface area contributed by atoms with E-state index in [-0.39, 0.29) is 0 Å². The zero-order valence-corrected chi connectivity index (χ0v) is 14.7. The maximum atomic E-state index is 2.35. The van der Waals surface area contributed by atoms with E-state index in [2.05, 4.69) is 84.6 Å². The molecule has 4 rings (SSSR count). The largest absolute Gasteiger partial charge is 0.326 e. The Kier molecular flexibility index (Phi) is 4.05. The molecule has 124 valence electrons. The van der Waals surface area contributed by atoms with Crippen molar-refractivity contribution < 1.29 is 0 Å². The molecule has 24 heavy (non-hydrogen) atoms. The topological polar surface area (TPSA) is 6.48 Å². The van der Waals surface area contributed by atoms with Crippen LogP contribution in [0.25, 0.3) is 0 Å². The van der Waals surface area contributed by atoms with Crippen molar-refractivity contribution >= 4 is 11.4 Å². The molecule has 1 aliphatic carbocycles. The van der Waals surface area contributed by atoms with Crippen molar-refractivity contribution in [2.75, 3.05) is 9.80 Å². The van der Waals surface area contributed by atoms with Crippen molar-refractivity contribution in [1.29, 1.82) is 0 Å². The van der Waals surface area contributed by atoms with E-state index in [9.17, 15) is 0 Å². The summed E-state index contributed by atoms with van der Waals surface area (Å²) in [7, 11) is 0. The van der Waals surface area contributed by atoms with Gasteiger partial charge in [-0.3, -0.25) is 0 Å². The van der Waals surface area contributed by atoms with Gasteiger partial charge in [-0.05, 0) is 61.9 Å². The van der Waals surface area contributed by atoms with E-state index >= 15 is 0 Å². The lowest BCUT2D eigenvalue weighted by molar-refractivity contribution is 0.721. The number of rotatable bonds is 3. The molecule has 2 aliphatic rings. The van der Waals surface area contributed by atoms with E-state index < -0.39 is 0 Å². The molecule has 0 bridgehead atoms. The van der Waals surface area contributed by atoms with Crippen LogP contribution in [-0.4, -0.2) is 6.17 Å². The van der Waals surface area contributed by atoms with Gasteiger partial charge in [0.05, 0.1) is 0 Å². The average molecular weight is 318 g/mol. The van der Waals surface area contributed by atoms with Crippen molar-refractivity contribution in [2.45, 2.75) is 51.6 Å². The highest BCUT2D eigenvalue weighted by Gasteiger charge is 2.25. The second kappa shape index (κ2) is 6.35. The maximum Gasteiger partial charge on any atom is 0.107 e. The van der Waals surface area contributed by atoms with Crippen LogP contribution in [-0.2, 0) is 0 Å². The summed E-state index contributed by atoms with van der Waals surface area (Å²) in [6.07, 6.45) is 10.2. The molecule has 0 spiro atoms. The van der Waals surface area contributed by atoms with Crippen LogP contribution in [0.15, 0.2) is 60.9 Å². The smallest absolute Gasteiger partial charge is 0.107 e. The third-order valence-corrected chi connectivity index (χ3v) is 5.60. The molecule has 0 unspecified atom stereocenters. The number of hydrogen-bond acceptors (Lipinski definition) is 2. The van der Waals surface area contributed by atoms with Gasteiger partial charge in [-0.1, -0.05) is 43.2 Å². The Bertz CT molecular complexity index is 726. The van der Waals surface area contributed by atoms with Crippen LogP contribution in [0.4, 0.5) is 11.4 Å². The molecule has 0 amide bonds. The molecular formula is C22H26N2. The van der Waals surface area contributed by atoms with Gasteiger partial charge in [0.1, 0.15) is 6.17 Å². The summed E-state index contributed by atoms with van der Waals surface area (Å²) in [5.74, 6) is 0.786. The molecule has 0 radical (unpaired) electrons. The fourth-order valence-corrected chi connectivity index (χ4v) is 4.14. The standard InChI is InChI=1S/C22H26N2/c1-17-7-3-6-10-22(17)24-16-15-23(18(24)2)21-13-11-20(12-14-21)19-8-4-5-9-19/h3,6-7,10-16,18-19H,4-5,8-9H2,1-2H3/t18-/m0/s1. The van der Waals surface area contributed by atoms with Crippen molar-refractivity contribution in [3.8, 4) is 0 Å². The zero-order valence-electron chi connectivity index (χ0n) is 14.7. The van der Waals surface area contributed by atoms with Crippen LogP contribution >= 0.6 is 0 Å². The predicted molar refractivity (Wildman–Crippen MR) is 102 cm³/mol. The first-order chi connectivity index (χ1) is 11.7. The van der Waals surface area contributed by atoms with Crippen molar-refractivity contribution in [3.63, 3.8) is 0 Å². The van der Waals surface area contributed by atoms with Crippen LogP contribution in [0.3, 0.4) is 0 Å². The van der Waals surface area contributed by atoms with E-state index in [1.54, 1.807) is 0 Å². The van der Waals surface area contributed by atoms with E-state index in [1.807, 2.05) is 0 Å². The van der Waals surface area contributed by atoms with E-state index in [4.69, 9.17) is 0 Å². The molecule has 2 nitrogen and oxygen atoms in total. The van der Waals surface area contributed by atoms with Crippen molar-refractivity contribution in [3.05, 3.63) is 72.1 Å². The molecule has 2 aromatic rings. The molecule has 1 heterocycles. The molecule has 2 aromatic carbocycles. The summed E-state index contributed by atoms with van der Waals surface area (Å²) >= 11 is 0. The molecule has 2 heteroatoms. The van der Waals surface area contributed by atoms with E-state index in [0.717, 1.165) is 5.92 Å². The van der Waals surface area contributed by atoms with Gasteiger partial charge in [0.15, 0.2) is 0 Å². The Morgan fingerprint density at radius 3 is 2.21 bits per heavy atom. The summed E-state index contributed by atoms with van der Waals surface area (Å²) < 4.78 is 0. The Balaban J connectivity index is 1.53. The first-order valence-corrected chi connectivity index (χ1v) is 9.14. The van der Waals surface area contributed by atoms with Gasteiger partial charge in [0.2, 0.25) is 0 Å². The highest BCUT2D eigenvalue weighted by molar-refractivity contribution is 5.63. The summed E-state index contributed by atoms with van der Waals surface area (Å²) in [4.78, 5) is 4.70. The number of aryl methyl sites for hydroxylation is 1. The fraction of sp³-hybridized carbons (Fsp3) is 0.364. The molecule has 0 saturated heterocycles. The molecule has 0 aromatic heterocycles. The normalized spacial score (nSPS) is 21.0. The van der Waals surface area contributed by atoms with Crippen LogP contribution < -0.4 is 9.80 Å². The maximum absolute atomic E-state index is 2.35. The molecule has 0 N–H and O–H groups in total. The van der Waals surface area contributed by atoms with Crippen LogP contribution in [0.2, 0.25) is 0 Å². The number of para-hydroxylation sites is 1. The molecule has 1 aliphatic heterocycles. The molecular weight excluding hydrogens is 292 g/mol. The second-order valence-corrected chi connectivity index (χ2v) is 7.10. The number of nitrogens with zero attached hydrogens (tertiary/aromatic N) is 2. The lowest BCUT2D eigenvalue weighted by Gasteiger charge is -2.31. The lowest BCUT2D eigenvalue weighted by Crippen LogP contribution is -2.36. The number of hydrogen-bond donors (Lipinski definition) is 0. The average Bonchev–Trinajstić information content (AvgIpc) is 3.26. The van der Waals surface area contributed by atoms with Gasteiger partial charge >= 0.3 is 0 Å². The van der Waals surface area contributed by atoms with Crippen LogP contribution in [0.5, 0.6) is 0 Å². The Hall–Kier alpha value is -2.22. The highest BCUT2D eigenvalue weighted by Crippen LogP contribution is 2.36. The first-order valence-electron chi connectivity index (χ1n) is 9.14. The monoisotopic (exact) mass is 318 g/mol. The Morgan fingerprint density at radius 1 is 0.833 bits per heavy atom. The van der Waals surface area contributed by atoms with Crippen molar-refractivity contribution in [2.24, 2.45) is 0 Å². The van der Waals surface area contributed by atoms with Gasteiger partial charge in [-0.25, -0.2) is 0 Å². The van der Waals surface area contributed by atoms with Gasteiger partial charge in [-0.2, -0.15) is 0 Å². The van der Waals surface area contributed by atoms with E-state index in [0.29, 0.717) is 6.17 Å². The first kappa shape index (κ1) is 15.3. The summed E-state index contributed by atoms with van der Waals surface area (Å²) in [6.45, 7) is 4.44. The van der Waals surface area contributed by atoms with Crippen molar-refractivity contribution in [1.82, 2.24) is 0 Å². The third-order valence-electron chi connectivity index (χ3n) is 5.60. The second-order valence-electron chi connectivity index (χ2n) is 7.10.